The molecule has 0 amide bonds. The summed E-state index contributed by atoms with van der Waals surface area (Å²) in [5.74, 6) is 1.40. The van der Waals surface area contributed by atoms with E-state index < -0.39 is 0 Å². The van der Waals surface area contributed by atoms with Gasteiger partial charge in [-0.05, 0) is 54.5 Å². The molecular formula is C21H24O2. The highest BCUT2D eigenvalue weighted by Crippen LogP contribution is 2.32. The molecule has 3 rings (SSSR count). The van der Waals surface area contributed by atoms with Crippen LogP contribution in [0.2, 0.25) is 0 Å². The molecule has 1 saturated carbocycles. The zero-order valence-electron chi connectivity index (χ0n) is 13.7. The lowest BCUT2D eigenvalue weighted by Gasteiger charge is -2.18. The second-order valence-electron chi connectivity index (χ2n) is 6.11. The van der Waals surface area contributed by atoms with Gasteiger partial charge in [-0.2, -0.15) is 0 Å². The Morgan fingerprint density at radius 1 is 0.957 bits per heavy atom. The van der Waals surface area contributed by atoms with Gasteiger partial charge < -0.3 is 9.84 Å². The Kier molecular flexibility index (Phi) is 5.02. The Morgan fingerprint density at radius 2 is 1.57 bits per heavy atom. The minimum absolute atomic E-state index is 0.475. The lowest BCUT2D eigenvalue weighted by molar-refractivity contribution is 0.309. The van der Waals surface area contributed by atoms with Gasteiger partial charge in [-0.1, -0.05) is 49.7 Å². The third-order valence-corrected chi connectivity index (χ3v) is 4.40. The maximum absolute atomic E-state index is 10.2. The number of hydrogen-bond acceptors (Lipinski definition) is 2. The van der Waals surface area contributed by atoms with Crippen LogP contribution in [0.3, 0.4) is 0 Å². The van der Waals surface area contributed by atoms with E-state index in [1.807, 2.05) is 24.3 Å². The minimum atomic E-state index is 0.475. The monoisotopic (exact) mass is 308 g/mol. The molecule has 0 heterocycles. The van der Waals surface area contributed by atoms with E-state index in [0.717, 1.165) is 54.7 Å². The molecule has 0 atom stereocenters. The Balaban J connectivity index is 1.69. The van der Waals surface area contributed by atoms with E-state index >= 15 is 0 Å². The van der Waals surface area contributed by atoms with Gasteiger partial charge in [0.15, 0.2) is 0 Å². The van der Waals surface area contributed by atoms with Crippen molar-refractivity contribution in [1.82, 2.24) is 0 Å². The second kappa shape index (κ2) is 7.36. The molecule has 0 spiro atoms. The first-order chi connectivity index (χ1) is 11.3. The van der Waals surface area contributed by atoms with Crippen molar-refractivity contribution in [3.63, 3.8) is 0 Å². The smallest absolute Gasteiger partial charge is 0.121 e. The number of rotatable bonds is 6. The van der Waals surface area contributed by atoms with Gasteiger partial charge in [0, 0.05) is 5.56 Å². The third-order valence-electron chi connectivity index (χ3n) is 4.40. The van der Waals surface area contributed by atoms with Crippen molar-refractivity contribution in [2.75, 3.05) is 6.61 Å². The minimum Gasteiger partial charge on any atom is -0.507 e. The van der Waals surface area contributed by atoms with Crippen LogP contribution >= 0.6 is 0 Å². The van der Waals surface area contributed by atoms with Crippen LogP contribution in [-0.4, -0.2) is 11.7 Å². The molecular weight excluding hydrogens is 284 g/mol. The van der Waals surface area contributed by atoms with Crippen molar-refractivity contribution in [2.45, 2.75) is 39.0 Å². The summed E-state index contributed by atoms with van der Waals surface area (Å²) in [6, 6.07) is 16.3. The summed E-state index contributed by atoms with van der Waals surface area (Å²) in [5.41, 5.74) is 4.42. The number of aliphatic hydroxyl groups excluding tert-OH is 1. The van der Waals surface area contributed by atoms with Gasteiger partial charge in [0.1, 0.15) is 11.5 Å². The number of allylic oxidation sites excluding steroid dienone is 1. The Hall–Kier alpha value is -2.22. The molecule has 0 aliphatic heterocycles. The van der Waals surface area contributed by atoms with Crippen LogP contribution in [0.4, 0.5) is 0 Å². The van der Waals surface area contributed by atoms with Crippen LogP contribution in [0, 0.1) is 0 Å². The fourth-order valence-corrected chi connectivity index (χ4v) is 2.69. The predicted octanol–water partition coefficient (Wildman–Crippen LogP) is 5.99. The van der Waals surface area contributed by atoms with Gasteiger partial charge in [-0.25, -0.2) is 0 Å². The molecule has 1 N–H and O–H groups in total. The fourth-order valence-electron chi connectivity index (χ4n) is 2.69. The number of hydrogen-bond donors (Lipinski definition) is 1. The van der Waals surface area contributed by atoms with Crippen LogP contribution < -0.4 is 4.74 Å². The van der Waals surface area contributed by atoms with Gasteiger partial charge in [0.25, 0.3) is 0 Å². The highest BCUT2D eigenvalue weighted by Gasteiger charge is 2.15. The standard InChI is InChI=1S/C21H24O2/c1-2-3-15-23-20-13-11-17(12-14-20)16-7-9-19(10-8-16)21(22)18-5-4-6-18/h7-14,22H,2-6,15H2,1H3. The number of benzene rings is 2. The van der Waals surface area contributed by atoms with Crippen molar-refractivity contribution in [2.24, 2.45) is 0 Å². The summed E-state index contributed by atoms with van der Waals surface area (Å²) in [7, 11) is 0. The van der Waals surface area contributed by atoms with E-state index in [4.69, 9.17) is 4.74 Å². The van der Waals surface area contributed by atoms with Crippen molar-refractivity contribution in [3.8, 4) is 16.9 Å². The van der Waals surface area contributed by atoms with Crippen molar-refractivity contribution in [3.05, 3.63) is 59.7 Å². The highest BCUT2D eigenvalue weighted by molar-refractivity contribution is 5.69. The molecule has 2 nitrogen and oxygen atoms in total. The summed E-state index contributed by atoms with van der Waals surface area (Å²) < 4.78 is 5.69. The normalized spacial score (nSPS) is 13.5. The molecule has 23 heavy (non-hydrogen) atoms. The molecule has 2 heteroatoms. The molecule has 1 fully saturated rings. The van der Waals surface area contributed by atoms with E-state index in [9.17, 15) is 5.11 Å². The molecule has 2 aromatic carbocycles. The Morgan fingerprint density at radius 3 is 2.09 bits per heavy atom. The zero-order valence-corrected chi connectivity index (χ0v) is 13.7. The van der Waals surface area contributed by atoms with Crippen LogP contribution in [0.25, 0.3) is 16.9 Å². The summed E-state index contributed by atoms with van der Waals surface area (Å²) in [5, 5.41) is 10.2. The average Bonchev–Trinajstić information content (AvgIpc) is 2.54. The average molecular weight is 308 g/mol. The maximum Gasteiger partial charge on any atom is 0.121 e. The van der Waals surface area contributed by atoms with Gasteiger partial charge in [-0.3, -0.25) is 0 Å². The Labute approximate surface area is 138 Å². The third kappa shape index (κ3) is 3.76. The van der Waals surface area contributed by atoms with Crippen molar-refractivity contribution < 1.29 is 9.84 Å². The first-order valence-corrected chi connectivity index (χ1v) is 8.52. The summed E-state index contributed by atoms with van der Waals surface area (Å²) in [6.07, 6.45) is 5.50. The maximum atomic E-state index is 10.2. The van der Waals surface area contributed by atoms with Crippen LogP contribution in [0.5, 0.6) is 5.75 Å². The van der Waals surface area contributed by atoms with E-state index in [0.29, 0.717) is 5.76 Å². The zero-order chi connectivity index (χ0) is 16.1. The van der Waals surface area contributed by atoms with Gasteiger partial charge in [-0.15, -0.1) is 0 Å². The second-order valence-corrected chi connectivity index (χ2v) is 6.11. The van der Waals surface area contributed by atoms with Crippen molar-refractivity contribution in [1.29, 1.82) is 0 Å². The van der Waals surface area contributed by atoms with E-state index in [2.05, 4.69) is 31.2 Å². The number of ether oxygens (including phenoxy) is 1. The molecule has 0 radical (unpaired) electrons. The van der Waals surface area contributed by atoms with E-state index in [1.165, 1.54) is 12.0 Å². The summed E-state index contributed by atoms with van der Waals surface area (Å²) >= 11 is 0. The van der Waals surface area contributed by atoms with Gasteiger partial charge in [0.2, 0.25) is 0 Å². The fraction of sp³-hybridized carbons (Fsp3) is 0.333. The number of aliphatic hydroxyl groups is 1. The first kappa shape index (κ1) is 15.7. The van der Waals surface area contributed by atoms with E-state index in [1.54, 1.807) is 0 Å². The molecule has 0 saturated heterocycles. The molecule has 0 unspecified atom stereocenters. The first-order valence-electron chi connectivity index (χ1n) is 8.52. The quantitative estimate of drug-likeness (QED) is 0.525. The van der Waals surface area contributed by atoms with Gasteiger partial charge >= 0.3 is 0 Å². The highest BCUT2D eigenvalue weighted by atomic mass is 16.5. The van der Waals surface area contributed by atoms with E-state index in [-0.39, 0.29) is 0 Å². The van der Waals surface area contributed by atoms with Crippen LogP contribution in [0.15, 0.2) is 54.1 Å². The SMILES string of the molecule is CCCCOc1ccc(-c2ccc(C(O)=C3CCC3)cc2)cc1. The topological polar surface area (TPSA) is 29.5 Å². The predicted molar refractivity (Wildman–Crippen MR) is 95.7 cm³/mol. The summed E-state index contributed by atoms with van der Waals surface area (Å²) in [4.78, 5) is 0. The van der Waals surface area contributed by atoms with Gasteiger partial charge in [0.05, 0.1) is 6.61 Å². The van der Waals surface area contributed by atoms with Crippen LogP contribution in [0.1, 0.15) is 44.6 Å². The van der Waals surface area contributed by atoms with Crippen molar-refractivity contribution >= 4 is 5.76 Å². The molecule has 1 aliphatic carbocycles. The molecule has 0 aromatic heterocycles. The largest absolute Gasteiger partial charge is 0.507 e. The molecule has 1 aliphatic rings. The summed E-state index contributed by atoms with van der Waals surface area (Å²) in [6.45, 7) is 2.94. The lowest BCUT2D eigenvalue weighted by atomic mass is 9.89. The molecule has 0 bridgehead atoms. The molecule has 120 valence electrons. The number of unbranched alkanes of at least 4 members (excludes halogenated alkanes) is 1. The van der Waals surface area contributed by atoms with Crippen LogP contribution in [-0.2, 0) is 0 Å². The lowest BCUT2D eigenvalue weighted by Crippen LogP contribution is -2.01. The molecule has 2 aromatic rings. The Bertz CT molecular complexity index is 660.